The van der Waals surface area contributed by atoms with Crippen LogP contribution in [0.25, 0.3) is 10.9 Å². The van der Waals surface area contributed by atoms with Gasteiger partial charge < -0.3 is 4.90 Å². The second-order valence-corrected chi connectivity index (χ2v) is 4.72. The van der Waals surface area contributed by atoms with Crippen LogP contribution in [-0.2, 0) is 11.3 Å². The van der Waals surface area contributed by atoms with Crippen LogP contribution in [0.5, 0.6) is 0 Å². The van der Waals surface area contributed by atoms with E-state index in [0.29, 0.717) is 18.9 Å². The minimum absolute atomic E-state index is 0.209. The first-order valence-corrected chi connectivity index (χ1v) is 6.09. The summed E-state index contributed by atoms with van der Waals surface area (Å²) in [5.74, 6) is 0.501. The third-order valence-corrected chi connectivity index (χ3v) is 3.51. The van der Waals surface area contributed by atoms with E-state index in [4.69, 9.17) is 0 Å². The van der Waals surface area contributed by atoms with Crippen LogP contribution in [0.3, 0.4) is 0 Å². The van der Waals surface area contributed by atoms with Crippen molar-refractivity contribution in [3.8, 4) is 0 Å². The molecule has 0 bridgehead atoms. The number of fused-ring (bicyclic) bond motifs is 1. The molecule has 18 heavy (non-hydrogen) atoms. The molecule has 1 aliphatic heterocycles. The van der Waals surface area contributed by atoms with Gasteiger partial charge in [-0.2, -0.15) is 5.10 Å². The van der Waals surface area contributed by atoms with Crippen molar-refractivity contribution in [3.63, 3.8) is 0 Å². The van der Waals surface area contributed by atoms with Gasteiger partial charge in [-0.1, -0.05) is 18.2 Å². The molecular weight excluding hydrogens is 226 g/mol. The Morgan fingerprint density at radius 3 is 3.22 bits per heavy atom. The lowest BCUT2D eigenvalue weighted by Crippen LogP contribution is -2.24. The van der Waals surface area contributed by atoms with Crippen LogP contribution in [0.15, 0.2) is 37.1 Å². The molecule has 0 aliphatic carbocycles. The lowest BCUT2D eigenvalue weighted by Gasteiger charge is -2.16. The fourth-order valence-corrected chi connectivity index (χ4v) is 2.49. The molecule has 3 rings (SSSR count). The maximum atomic E-state index is 11.9. The molecule has 1 aromatic heterocycles. The largest absolute Gasteiger partial charge is 0.338 e. The summed E-state index contributed by atoms with van der Waals surface area (Å²) in [6.07, 6.45) is 4.28. The molecule has 4 heteroatoms. The summed E-state index contributed by atoms with van der Waals surface area (Å²) in [5.41, 5.74) is 2.15. The summed E-state index contributed by atoms with van der Waals surface area (Å²) in [5, 5.41) is 8.08. The molecule has 1 amide bonds. The summed E-state index contributed by atoms with van der Waals surface area (Å²) in [6.45, 7) is 5.19. The first-order chi connectivity index (χ1) is 8.78. The molecule has 2 heterocycles. The maximum absolute atomic E-state index is 11.9. The Morgan fingerprint density at radius 2 is 2.44 bits per heavy atom. The van der Waals surface area contributed by atoms with Crippen molar-refractivity contribution >= 4 is 16.8 Å². The number of hydrogen-bond donors (Lipinski definition) is 1. The topological polar surface area (TPSA) is 49.0 Å². The highest BCUT2D eigenvalue weighted by atomic mass is 16.2. The summed E-state index contributed by atoms with van der Waals surface area (Å²) in [6, 6.07) is 6.03. The van der Waals surface area contributed by atoms with Crippen molar-refractivity contribution in [2.45, 2.75) is 13.0 Å². The molecule has 0 radical (unpaired) electrons. The molecule has 1 N–H and O–H groups in total. The molecule has 1 fully saturated rings. The molecule has 1 saturated heterocycles. The SMILES string of the molecule is C=CC1CC(=O)N(Cc2cccc3[nH]ncc23)C1. The van der Waals surface area contributed by atoms with Crippen LogP contribution >= 0.6 is 0 Å². The molecule has 0 spiro atoms. The Kier molecular flexibility index (Phi) is 2.63. The number of aromatic amines is 1. The Hall–Kier alpha value is -2.10. The zero-order valence-corrected chi connectivity index (χ0v) is 10.1. The number of nitrogens with one attached hydrogen (secondary N) is 1. The van der Waals surface area contributed by atoms with E-state index in [1.165, 1.54) is 0 Å². The molecule has 1 aliphatic rings. The molecule has 1 aromatic carbocycles. The van der Waals surface area contributed by atoms with E-state index >= 15 is 0 Å². The van der Waals surface area contributed by atoms with Gasteiger partial charge in [0, 0.05) is 30.8 Å². The fraction of sp³-hybridized carbons (Fsp3) is 0.286. The maximum Gasteiger partial charge on any atom is 0.223 e. The molecule has 1 atom stereocenters. The van der Waals surface area contributed by atoms with Gasteiger partial charge in [-0.25, -0.2) is 0 Å². The summed E-state index contributed by atoms with van der Waals surface area (Å²) < 4.78 is 0. The number of H-pyrrole nitrogens is 1. The number of aromatic nitrogens is 2. The Balaban J connectivity index is 1.86. The van der Waals surface area contributed by atoms with E-state index in [0.717, 1.165) is 23.0 Å². The minimum Gasteiger partial charge on any atom is -0.338 e. The smallest absolute Gasteiger partial charge is 0.223 e. The van der Waals surface area contributed by atoms with E-state index in [1.807, 2.05) is 35.4 Å². The van der Waals surface area contributed by atoms with Crippen LogP contribution in [0.4, 0.5) is 0 Å². The molecule has 4 nitrogen and oxygen atoms in total. The van der Waals surface area contributed by atoms with Crippen LogP contribution in [0, 0.1) is 5.92 Å². The van der Waals surface area contributed by atoms with Crippen molar-refractivity contribution < 1.29 is 4.79 Å². The normalized spacial score (nSPS) is 19.7. The minimum atomic E-state index is 0.209. The zero-order valence-electron chi connectivity index (χ0n) is 10.1. The van der Waals surface area contributed by atoms with E-state index in [-0.39, 0.29) is 5.91 Å². The highest BCUT2D eigenvalue weighted by Gasteiger charge is 2.27. The second kappa shape index (κ2) is 4.29. The van der Waals surface area contributed by atoms with E-state index in [2.05, 4.69) is 16.8 Å². The summed E-state index contributed by atoms with van der Waals surface area (Å²) >= 11 is 0. The Morgan fingerprint density at radius 1 is 1.56 bits per heavy atom. The van der Waals surface area contributed by atoms with Crippen molar-refractivity contribution in [2.75, 3.05) is 6.54 Å². The summed E-state index contributed by atoms with van der Waals surface area (Å²) in [4.78, 5) is 13.8. The van der Waals surface area contributed by atoms with Crippen molar-refractivity contribution in [1.29, 1.82) is 0 Å². The van der Waals surface area contributed by atoms with Crippen LogP contribution in [-0.4, -0.2) is 27.5 Å². The third kappa shape index (κ3) is 1.79. The summed E-state index contributed by atoms with van der Waals surface area (Å²) in [7, 11) is 0. The number of hydrogen-bond acceptors (Lipinski definition) is 2. The quantitative estimate of drug-likeness (QED) is 0.836. The number of likely N-dealkylation sites (tertiary alicyclic amines) is 1. The Labute approximate surface area is 105 Å². The van der Waals surface area contributed by atoms with Gasteiger partial charge in [0.25, 0.3) is 0 Å². The van der Waals surface area contributed by atoms with Gasteiger partial charge in [0.15, 0.2) is 0 Å². The van der Waals surface area contributed by atoms with Gasteiger partial charge >= 0.3 is 0 Å². The first-order valence-electron chi connectivity index (χ1n) is 6.09. The van der Waals surface area contributed by atoms with Crippen molar-refractivity contribution in [2.24, 2.45) is 5.92 Å². The number of nitrogens with zero attached hydrogens (tertiary/aromatic N) is 2. The van der Waals surface area contributed by atoms with Gasteiger partial charge in [-0.3, -0.25) is 9.89 Å². The van der Waals surface area contributed by atoms with Crippen molar-refractivity contribution in [1.82, 2.24) is 15.1 Å². The predicted molar refractivity (Wildman–Crippen MR) is 69.8 cm³/mol. The number of benzene rings is 1. The lowest BCUT2D eigenvalue weighted by atomic mass is 10.1. The van der Waals surface area contributed by atoms with Gasteiger partial charge in [0.2, 0.25) is 5.91 Å². The number of rotatable bonds is 3. The van der Waals surface area contributed by atoms with Crippen LogP contribution < -0.4 is 0 Å². The van der Waals surface area contributed by atoms with E-state index in [9.17, 15) is 4.79 Å². The number of amides is 1. The van der Waals surface area contributed by atoms with Gasteiger partial charge in [0.1, 0.15) is 0 Å². The fourth-order valence-electron chi connectivity index (χ4n) is 2.49. The lowest BCUT2D eigenvalue weighted by molar-refractivity contribution is -0.128. The molecule has 2 aromatic rings. The molecule has 92 valence electrons. The monoisotopic (exact) mass is 241 g/mol. The van der Waals surface area contributed by atoms with Crippen LogP contribution in [0.1, 0.15) is 12.0 Å². The average molecular weight is 241 g/mol. The zero-order chi connectivity index (χ0) is 12.5. The van der Waals surface area contributed by atoms with E-state index < -0.39 is 0 Å². The van der Waals surface area contributed by atoms with Crippen molar-refractivity contribution in [3.05, 3.63) is 42.6 Å². The van der Waals surface area contributed by atoms with Crippen LogP contribution in [0.2, 0.25) is 0 Å². The number of carbonyl (C=O) groups excluding carboxylic acids is 1. The standard InChI is InChI=1S/C14H15N3O/c1-2-10-6-14(18)17(8-10)9-11-4-3-5-13-12(11)7-15-16-13/h2-5,7,10H,1,6,8-9H2,(H,15,16). The molecule has 0 saturated carbocycles. The number of carbonyl (C=O) groups is 1. The van der Waals surface area contributed by atoms with Gasteiger partial charge in [0.05, 0.1) is 11.7 Å². The first kappa shape index (κ1) is 11.0. The molecular formula is C14H15N3O. The molecule has 1 unspecified atom stereocenters. The predicted octanol–water partition coefficient (Wildman–Crippen LogP) is 2.10. The van der Waals surface area contributed by atoms with Gasteiger partial charge in [-0.05, 0) is 11.6 Å². The highest BCUT2D eigenvalue weighted by Crippen LogP contribution is 2.23. The van der Waals surface area contributed by atoms with E-state index in [1.54, 1.807) is 0 Å². The Bertz CT molecular complexity index is 602. The average Bonchev–Trinajstić information content (AvgIpc) is 2.97. The second-order valence-electron chi connectivity index (χ2n) is 4.72. The third-order valence-electron chi connectivity index (χ3n) is 3.51. The van der Waals surface area contributed by atoms with Gasteiger partial charge in [-0.15, -0.1) is 6.58 Å². The highest BCUT2D eigenvalue weighted by molar-refractivity contribution is 5.83.